The number of halogens is 2. The molecule has 1 aliphatic carbocycles. The molecule has 2 rings (SSSR count). The molecule has 0 spiro atoms. The van der Waals surface area contributed by atoms with Crippen LogP contribution in [0.1, 0.15) is 26.2 Å². The van der Waals surface area contributed by atoms with Crippen molar-refractivity contribution in [3.8, 4) is 0 Å². The van der Waals surface area contributed by atoms with Gasteiger partial charge in [-0.2, -0.15) is 0 Å². The smallest absolute Gasteiger partial charge is 0.238 e. The largest absolute Gasteiger partial charge is 0.368 e. The third-order valence-corrected chi connectivity index (χ3v) is 5.68. The summed E-state index contributed by atoms with van der Waals surface area (Å²) in [6, 6.07) is 5.35. The van der Waals surface area contributed by atoms with Crippen LogP contribution in [0.15, 0.2) is 23.1 Å². The van der Waals surface area contributed by atoms with Crippen LogP contribution in [-0.2, 0) is 4.79 Å². The monoisotopic (exact) mass is 346 g/mol. The number of hydrogen-bond acceptors (Lipinski definition) is 3. The number of nitrogens with two attached hydrogens (primary N) is 1. The van der Waals surface area contributed by atoms with Crippen molar-refractivity contribution in [3.63, 3.8) is 0 Å². The maximum absolute atomic E-state index is 12.1. The van der Waals surface area contributed by atoms with Crippen molar-refractivity contribution in [2.24, 2.45) is 11.7 Å². The second-order valence-electron chi connectivity index (χ2n) is 5.40. The van der Waals surface area contributed by atoms with Gasteiger partial charge in [-0.05, 0) is 49.9 Å². The van der Waals surface area contributed by atoms with Gasteiger partial charge in [0.05, 0.1) is 5.02 Å². The van der Waals surface area contributed by atoms with E-state index in [9.17, 15) is 4.79 Å². The average molecular weight is 347 g/mol. The average Bonchev–Trinajstić information content (AvgIpc) is 3.27. The molecule has 1 fully saturated rings. The lowest BCUT2D eigenvalue weighted by molar-refractivity contribution is -0.124. The highest BCUT2D eigenvalue weighted by molar-refractivity contribution is 7.99. The summed E-state index contributed by atoms with van der Waals surface area (Å²) >= 11 is 13.7. The van der Waals surface area contributed by atoms with Gasteiger partial charge in [-0.25, -0.2) is 0 Å². The zero-order valence-electron chi connectivity index (χ0n) is 12.0. The summed E-state index contributed by atoms with van der Waals surface area (Å²) in [4.78, 5) is 13.0. The first-order valence-corrected chi connectivity index (χ1v) is 8.86. The van der Waals surface area contributed by atoms with Gasteiger partial charge < -0.3 is 11.1 Å². The van der Waals surface area contributed by atoms with Gasteiger partial charge in [-0.1, -0.05) is 30.1 Å². The Morgan fingerprint density at radius 1 is 1.48 bits per heavy atom. The summed E-state index contributed by atoms with van der Waals surface area (Å²) in [5.74, 6) is 0.628. The third kappa shape index (κ3) is 4.07. The summed E-state index contributed by atoms with van der Waals surface area (Å²) in [5.41, 5.74) is 5.07. The Labute approximate surface area is 139 Å². The number of hydrogen-bond donors (Lipinski definition) is 2. The predicted molar refractivity (Wildman–Crippen MR) is 90.1 cm³/mol. The second-order valence-corrected chi connectivity index (χ2v) is 7.26. The minimum Gasteiger partial charge on any atom is -0.368 e. The van der Waals surface area contributed by atoms with Gasteiger partial charge in [-0.15, -0.1) is 11.8 Å². The van der Waals surface area contributed by atoms with E-state index in [0.717, 1.165) is 30.7 Å². The normalized spacial score (nSPS) is 17.5. The van der Waals surface area contributed by atoms with Crippen molar-refractivity contribution >= 4 is 40.9 Å². The third-order valence-electron chi connectivity index (χ3n) is 3.75. The molecule has 1 atom stereocenters. The Balaban J connectivity index is 2.15. The molecule has 0 aromatic heterocycles. The molecule has 0 aliphatic heterocycles. The molecule has 3 nitrogen and oxygen atoms in total. The molecule has 6 heteroatoms. The highest BCUT2D eigenvalue weighted by Gasteiger charge is 2.49. The fourth-order valence-electron chi connectivity index (χ4n) is 2.38. The second kappa shape index (κ2) is 7.23. The van der Waals surface area contributed by atoms with Gasteiger partial charge in [0.2, 0.25) is 5.91 Å². The van der Waals surface area contributed by atoms with Crippen LogP contribution in [0, 0.1) is 5.92 Å². The minimum absolute atomic E-state index is 0.274. The first kappa shape index (κ1) is 16.9. The summed E-state index contributed by atoms with van der Waals surface area (Å²) in [7, 11) is 0. The molecule has 21 heavy (non-hydrogen) atoms. The first-order valence-electron chi connectivity index (χ1n) is 7.12. The van der Waals surface area contributed by atoms with Crippen LogP contribution in [-0.4, -0.2) is 23.7 Å². The van der Waals surface area contributed by atoms with Crippen molar-refractivity contribution in [2.75, 3.05) is 12.3 Å². The molecular formula is C15H20Cl2N2OS. The summed E-state index contributed by atoms with van der Waals surface area (Å²) < 4.78 is 0. The molecule has 1 unspecified atom stereocenters. The van der Waals surface area contributed by atoms with E-state index >= 15 is 0 Å². The van der Waals surface area contributed by atoms with Crippen LogP contribution in [0.2, 0.25) is 10.0 Å². The van der Waals surface area contributed by atoms with Crippen LogP contribution in [0.4, 0.5) is 0 Å². The quantitative estimate of drug-likeness (QED) is 0.705. The highest BCUT2D eigenvalue weighted by Crippen LogP contribution is 2.43. The lowest BCUT2D eigenvalue weighted by Crippen LogP contribution is -2.59. The van der Waals surface area contributed by atoms with E-state index in [4.69, 9.17) is 28.9 Å². The molecule has 1 aliphatic rings. The number of carbonyl (C=O) groups is 1. The summed E-state index contributed by atoms with van der Waals surface area (Å²) in [6.07, 6.45) is 3.05. The first-order chi connectivity index (χ1) is 9.99. The molecule has 3 N–H and O–H groups in total. The molecule has 0 radical (unpaired) electrons. The number of thioether (sulfide) groups is 1. The molecule has 116 valence electrons. The summed E-state index contributed by atoms with van der Waals surface area (Å²) in [5, 5.41) is 4.66. The molecular weight excluding hydrogens is 327 g/mol. The van der Waals surface area contributed by atoms with E-state index in [0.29, 0.717) is 21.7 Å². The van der Waals surface area contributed by atoms with E-state index in [1.165, 1.54) is 11.8 Å². The zero-order chi connectivity index (χ0) is 15.5. The molecule has 0 bridgehead atoms. The van der Waals surface area contributed by atoms with Crippen LogP contribution >= 0.6 is 35.0 Å². The Morgan fingerprint density at radius 3 is 2.76 bits per heavy atom. The van der Waals surface area contributed by atoms with Crippen molar-refractivity contribution < 1.29 is 4.79 Å². The van der Waals surface area contributed by atoms with Gasteiger partial charge in [0.25, 0.3) is 0 Å². The summed E-state index contributed by atoms with van der Waals surface area (Å²) in [6.45, 7) is 2.86. The van der Waals surface area contributed by atoms with Gasteiger partial charge in [0, 0.05) is 15.7 Å². The maximum atomic E-state index is 12.1. The Bertz CT molecular complexity index is 522. The number of nitrogens with one attached hydrogen (secondary N) is 1. The number of rotatable bonds is 8. The minimum atomic E-state index is -0.647. The van der Waals surface area contributed by atoms with E-state index in [-0.39, 0.29) is 5.91 Å². The standard InChI is InChI=1S/C15H20Cl2N2OS/c1-2-7-19-15(14(18)20,10-3-4-10)9-21-13-8-11(16)5-6-12(13)17/h5-6,8,10,19H,2-4,7,9H2,1H3,(H2,18,20). The molecule has 1 saturated carbocycles. The van der Waals surface area contributed by atoms with E-state index in [2.05, 4.69) is 12.2 Å². The van der Waals surface area contributed by atoms with E-state index in [1.54, 1.807) is 12.1 Å². The lowest BCUT2D eigenvalue weighted by atomic mass is 9.94. The Morgan fingerprint density at radius 2 is 2.19 bits per heavy atom. The topological polar surface area (TPSA) is 55.1 Å². The Kier molecular flexibility index (Phi) is 5.83. The van der Waals surface area contributed by atoms with Crippen molar-refractivity contribution in [3.05, 3.63) is 28.2 Å². The lowest BCUT2D eigenvalue weighted by Gasteiger charge is -2.32. The fourth-order valence-corrected chi connectivity index (χ4v) is 4.17. The van der Waals surface area contributed by atoms with Crippen molar-refractivity contribution in [1.82, 2.24) is 5.32 Å². The van der Waals surface area contributed by atoms with Gasteiger partial charge in [0.15, 0.2) is 0 Å². The van der Waals surface area contributed by atoms with E-state index < -0.39 is 5.54 Å². The van der Waals surface area contributed by atoms with Gasteiger partial charge in [-0.3, -0.25) is 4.79 Å². The molecule has 1 aromatic rings. The Hall–Kier alpha value is -0.420. The molecule has 1 amide bonds. The number of carbonyl (C=O) groups excluding carboxylic acids is 1. The predicted octanol–water partition coefficient (Wildman–Crippen LogP) is 3.72. The van der Waals surface area contributed by atoms with Crippen LogP contribution in [0.5, 0.6) is 0 Å². The molecule has 1 aromatic carbocycles. The van der Waals surface area contributed by atoms with Crippen molar-refractivity contribution in [2.45, 2.75) is 36.6 Å². The van der Waals surface area contributed by atoms with Crippen LogP contribution in [0.25, 0.3) is 0 Å². The number of benzene rings is 1. The molecule has 0 heterocycles. The molecule has 0 saturated heterocycles. The number of amides is 1. The van der Waals surface area contributed by atoms with Crippen LogP contribution < -0.4 is 11.1 Å². The van der Waals surface area contributed by atoms with Crippen molar-refractivity contribution in [1.29, 1.82) is 0 Å². The fraction of sp³-hybridized carbons (Fsp3) is 0.533. The number of primary amides is 1. The SMILES string of the molecule is CCCNC(CSc1cc(Cl)ccc1Cl)(C(N)=O)C1CC1. The zero-order valence-corrected chi connectivity index (χ0v) is 14.3. The van der Waals surface area contributed by atoms with E-state index in [1.807, 2.05) is 6.07 Å². The van der Waals surface area contributed by atoms with Gasteiger partial charge in [0.1, 0.15) is 5.54 Å². The van der Waals surface area contributed by atoms with Gasteiger partial charge >= 0.3 is 0 Å². The highest BCUT2D eigenvalue weighted by atomic mass is 35.5. The maximum Gasteiger partial charge on any atom is 0.238 e. The van der Waals surface area contributed by atoms with Crippen LogP contribution in [0.3, 0.4) is 0 Å².